The molecule has 0 aliphatic carbocycles. The van der Waals surface area contributed by atoms with Gasteiger partial charge >= 0.3 is 17.9 Å². The van der Waals surface area contributed by atoms with Crippen LogP contribution in [0.15, 0.2) is 85.1 Å². The van der Waals surface area contributed by atoms with Crippen molar-refractivity contribution >= 4 is 17.9 Å². The fourth-order valence-corrected chi connectivity index (χ4v) is 7.50. The maximum absolute atomic E-state index is 12.8. The van der Waals surface area contributed by atoms with Crippen molar-refractivity contribution in [3.63, 3.8) is 0 Å². The predicted molar refractivity (Wildman–Crippen MR) is 284 cm³/mol. The van der Waals surface area contributed by atoms with Crippen LogP contribution < -0.4 is 0 Å². The average molecular weight is 919 g/mol. The Morgan fingerprint density at radius 3 is 1.06 bits per heavy atom. The highest BCUT2D eigenvalue weighted by Crippen LogP contribution is 2.16. The highest BCUT2D eigenvalue weighted by molar-refractivity contribution is 5.71. The number of esters is 3. The molecule has 0 aliphatic rings. The van der Waals surface area contributed by atoms with E-state index in [-0.39, 0.29) is 31.1 Å². The van der Waals surface area contributed by atoms with Crippen molar-refractivity contribution in [2.45, 2.75) is 264 Å². The molecule has 0 N–H and O–H groups in total. The Balaban J connectivity index is 4.41. The Morgan fingerprint density at radius 2 is 0.652 bits per heavy atom. The molecule has 0 spiro atoms. The Kier molecular flexibility index (Phi) is 51.4. The lowest BCUT2D eigenvalue weighted by molar-refractivity contribution is -0.167. The number of ether oxygens (including phenoxy) is 3. The Bertz CT molecular complexity index is 1290. The number of carbonyl (C=O) groups excluding carboxylic acids is 3. The van der Waals surface area contributed by atoms with Crippen LogP contribution in [0.4, 0.5) is 0 Å². The van der Waals surface area contributed by atoms with E-state index in [0.29, 0.717) is 19.3 Å². The standard InChI is InChI=1S/C60H102O6/c1-4-7-10-13-16-19-22-24-26-28-30-32-33-35-38-41-44-47-50-53-59(62)65-56-57(55-64-58(61)52-49-46-43-40-37-21-18-15-12-9-6-3)66-60(63)54-51-48-45-42-39-36-34-31-29-27-25-23-20-17-14-11-8-5-2/h7,10,15-16,18-19,21,24,26,30,32,35,37-38,57H,4-6,8-9,11-14,17,20,22-23,25,27-29,31,33-34,36,39-56H2,1-3H3/b10-7-,18-15-,19-16-,26-24-,32-30-,37-21-,38-35-. The molecule has 0 saturated carbocycles. The molecule has 1 atom stereocenters. The van der Waals surface area contributed by atoms with Crippen LogP contribution in [0.25, 0.3) is 0 Å². The van der Waals surface area contributed by atoms with Gasteiger partial charge in [-0.15, -0.1) is 0 Å². The third-order valence-electron chi connectivity index (χ3n) is 11.7. The summed E-state index contributed by atoms with van der Waals surface area (Å²) in [6.45, 7) is 6.43. The number of allylic oxidation sites excluding steroid dienone is 14. The van der Waals surface area contributed by atoms with Gasteiger partial charge in [0.25, 0.3) is 0 Å². The minimum atomic E-state index is -0.799. The summed E-state index contributed by atoms with van der Waals surface area (Å²) in [7, 11) is 0. The zero-order valence-corrected chi connectivity index (χ0v) is 43.2. The molecule has 0 fully saturated rings. The molecule has 0 aromatic rings. The molecule has 0 heterocycles. The van der Waals surface area contributed by atoms with Crippen LogP contribution in [0, 0.1) is 0 Å². The van der Waals surface area contributed by atoms with Crippen LogP contribution in [-0.2, 0) is 28.6 Å². The topological polar surface area (TPSA) is 78.9 Å². The predicted octanol–water partition coefficient (Wildman–Crippen LogP) is 18.4. The van der Waals surface area contributed by atoms with E-state index in [1.165, 1.54) is 109 Å². The summed E-state index contributed by atoms with van der Waals surface area (Å²) >= 11 is 0. The lowest BCUT2D eigenvalue weighted by atomic mass is 10.0. The summed E-state index contributed by atoms with van der Waals surface area (Å²) in [5.74, 6) is -0.953. The Morgan fingerprint density at radius 1 is 0.333 bits per heavy atom. The second kappa shape index (κ2) is 54.2. The molecule has 0 saturated heterocycles. The molecular formula is C60H102O6. The van der Waals surface area contributed by atoms with Crippen LogP contribution in [0.2, 0.25) is 0 Å². The molecule has 0 radical (unpaired) electrons. The summed E-state index contributed by atoms with van der Waals surface area (Å²) in [5.41, 5.74) is 0. The average Bonchev–Trinajstić information content (AvgIpc) is 3.31. The van der Waals surface area contributed by atoms with Crippen molar-refractivity contribution in [2.24, 2.45) is 0 Å². The molecular weight excluding hydrogens is 817 g/mol. The van der Waals surface area contributed by atoms with Gasteiger partial charge in [-0.05, 0) is 83.5 Å². The van der Waals surface area contributed by atoms with E-state index < -0.39 is 6.10 Å². The highest BCUT2D eigenvalue weighted by Gasteiger charge is 2.19. The fraction of sp³-hybridized carbons (Fsp3) is 0.717. The van der Waals surface area contributed by atoms with Crippen molar-refractivity contribution < 1.29 is 28.6 Å². The third-order valence-corrected chi connectivity index (χ3v) is 11.7. The van der Waals surface area contributed by atoms with Crippen molar-refractivity contribution in [3.05, 3.63) is 85.1 Å². The smallest absolute Gasteiger partial charge is 0.306 e. The van der Waals surface area contributed by atoms with Gasteiger partial charge in [-0.3, -0.25) is 14.4 Å². The van der Waals surface area contributed by atoms with E-state index in [1.54, 1.807) is 0 Å². The van der Waals surface area contributed by atoms with E-state index in [2.05, 4.69) is 106 Å². The van der Waals surface area contributed by atoms with Gasteiger partial charge in [-0.25, -0.2) is 0 Å². The molecule has 0 amide bonds. The molecule has 1 unspecified atom stereocenters. The van der Waals surface area contributed by atoms with Crippen molar-refractivity contribution in [1.82, 2.24) is 0 Å². The molecule has 0 bridgehead atoms. The molecule has 378 valence electrons. The first-order chi connectivity index (χ1) is 32.5. The quantitative estimate of drug-likeness (QED) is 0.0199. The third kappa shape index (κ3) is 51.6. The maximum atomic E-state index is 12.8. The minimum Gasteiger partial charge on any atom is -0.462 e. The number of rotatable bonds is 49. The van der Waals surface area contributed by atoms with Gasteiger partial charge in [0.2, 0.25) is 0 Å². The van der Waals surface area contributed by atoms with E-state index in [1.807, 2.05) is 0 Å². The van der Waals surface area contributed by atoms with Crippen molar-refractivity contribution in [3.8, 4) is 0 Å². The van der Waals surface area contributed by atoms with Crippen LogP contribution in [0.5, 0.6) is 0 Å². The normalized spacial score (nSPS) is 12.7. The molecule has 6 heteroatoms. The molecule has 0 aliphatic heterocycles. The largest absolute Gasteiger partial charge is 0.462 e. The Hall–Kier alpha value is -3.41. The maximum Gasteiger partial charge on any atom is 0.306 e. The SMILES string of the molecule is CC/C=C\C/C=C\C/C=C\C/C=C\C/C=C\CCCCCC(=O)OCC(COC(=O)CCCCC/C=C\C=C/CCCC)OC(=O)CCCCCCCCCCCCCCCCCCCC. The Labute approximate surface area is 407 Å². The molecule has 0 rings (SSSR count). The number of unbranched alkanes of at least 4 members (excludes halogenated alkanes) is 25. The molecule has 0 aromatic carbocycles. The van der Waals surface area contributed by atoms with E-state index in [9.17, 15) is 14.4 Å². The zero-order valence-electron chi connectivity index (χ0n) is 43.2. The highest BCUT2D eigenvalue weighted by atomic mass is 16.6. The van der Waals surface area contributed by atoms with Crippen molar-refractivity contribution in [2.75, 3.05) is 13.2 Å². The summed E-state index contributed by atoms with van der Waals surface area (Å²) in [6.07, 6.45) is 70.0. The molecule has 66 heavy (non-hydrogen) atoms. The van der Waals surface area contributed by atoms with E-state index >= 15 is 0 Å². The molecule has 0 aromatic heterocycles. The van der Waals surface area contributed by atoms with Gasteiger partial charge in [-0.2, -0.15) is 0 Å². The lowest BCUT2D eigenvalue weighted by Crippen LogP contribution is -2.30. The van der Waals surface area contributed by atoms with Gasteiger partial charge in [0, 0.05) is 19.3 Å². The van der Waals surface area contributed by atoms with E-state index in [4.69, 9.17) is 14.2 Å². The van der Waals surface area contributed by atoms with Crippen LogP contribution in [-0.4, -0.2) is 37.2 Å². The first-order valence-corrected chi connectivity index (χ1v) is 27.6. The second-order valence-electron chi connectivity index (χ2n) is 18.1. The van der Waals surface area contributed by atoms with Gasteiger partial charge in [0.05, 0.1) is 0 Å². The van der Waals surface area contributed by atoms with E-state index in [0.717, 1.165) is 109 Å². The first-order valence-electron chi connectivity index (χ1n) is 27.6. The number of hydrogen-bond acceptors (Lipinski definition) is 6. The molecule has 6 nitrogen and oxygen atoms in total. The van der Waals surface area contributed by atoms with Crippen LogP contribution in [0.3, 0.4) is 0 Å². The minimum absolute atomic E-state index is 0.0999. The monoisotopic (exact) mass is 919 g/mol. The van der Waals surface area contributed by atoms with Gasteiger partial charge in [0.15, 0.2) is 6.10 Å². The summed E-state index contributed by atoms with van der Waals surface area (Å²) in [5, 5.41) is 0. The van der Waals surface area contributed by atoms with Crippen LogP contribution >= 0.6 is 0 Å². The van der Waals surface area contributed by atoms with Gasteiger partial charge < -0.3 is 14.2 Å². The zero-order chi connectivity index (χ0) is 47.9. The number of hydrogen-bond donors (Lipinski definition) is 0. The lowest BCUT2D eigenvalue weighted by Gasteiger charge is -2.18. The number of carbonyl (C=O) groups is 3. The second-order valence-corrected chi connectivity index (χ2v) is 18.1. The van der Waals surface area contributed by atoms with Gasteiger partial charge in [-0.1, -0.05) is 241 Å². The van der Waals surface area contributed by atoms with Crippen LogP contribution in [0.1, 0.15) is 258 Å². The van der Waals surface area contributed by atoms with Crippen molar-refractivity contribution in [1.29, 1.82) is 0 Å². The summed E-state index contributed by atoms with van der Waals surface area (Å²) < 4.78 is 16.8. The fourth-order valence-electron chi connectivity index (χ4n) is 7.50. The van der Waals surface area contributed by atoms with Gasteiger partial charge in [0.1, 0.15) is 13.2 Å². The summed E-state index contributed by atoms with van der Waals surface area (Å²) in [6, 6.07) is 0. The first kappa shape index (κ1) is 62.6. The summed E-state index contributed by atoms with van der Waals surface area (Å²) in [4.78, 5) is 38.0.